The maximum Gasteiger partial charge on any atom is 0.191 e. The fourth-order valence-electron chi connectivity index (χ4n) is 2.25. The van der Waals surface area contributed by atoms with E-state index < -0.39 is 0 Å². The Balaban J connectivity index is 0.00000338. The number of guanidine groups is 1. The van der Waals surface area contributed by atoms with Gasteiger partial charge in [-0.1, -0.05) is 17.7 Å². The number of ether oxygens (including phenoxy) is 1. The molecule has 0 bridgehead atoms. The third kappa shape index (κ3) is 8.84. The highest BCUT2D eigenvalue weighted by molar-refractivity contribution is 14.0. The third-order valence-electron chi connectivity index (χ3n) is 3.55. The number of aromatic nitrogens is 1. The smallest absolute Gasteiger partial charge is 0.191 e. The molecule has 1 aromatic heterocycles. The first kappa shape index (κ1) is 22.7. The van der Waals surface area contributed by atoms with Gasteiger partial charge in [-0.3, -0.25) is 4.99 Å². The van der Waals surface area contributed by atoms with Gasteiger partial charge in [0.15, 0.2) is 5.96 Å². The van der Waals surface area contributed by atoms with Crippen molar-refractivity contribution in [2.24, 2.45) is 4.99 Å². The largest absolute Gasteiger partial charge is 0.494 e. The Morgan fingerprint density at radius 1 is 1.19 bits per heavy atom. The minimum absolute atomic E-state index is 0. The molecule has 0 radical (unpaired) electrons. The Morgan fingerprint density at radius 3 is 2.62 bits per heavy atom. The van der Waals surface area contributed by atoms with Crippen LogP contribution in [-0.2, 0) is 6.42 Å². The number of benzene rings is 1. The van der Waals surface area contributed by atoms with Crippen LogP contribution in [0.5, 0.6) is 5.75 Å². The van der Waals surface area contributed by atoms with Gasteiger partial charge in [-0.25, -0.2) is 4.98 Å². The van der Waals surface area contributed by atoms with Crippen LogP contribution in [0, 0.1) is 13.8 Å². The van der Waals surface area contributed by atoms with Crippen molar-refractivity contribution in [3.05, 3.63) is 45.9 Å². The number of hydrogen-bond donors (Lipinski definition) is 2. The highest BCUT2D eigenvalue weighted by atomic mass is 127. The molecule has 1 heterocycles. The van der Waals surface area contributed by atoms with E-state index in [9.17, 15) is 0 Å². The second-order valence-electron chi connectivity index (χ2n) is 5.81. The molecule has 2 N–H and O–H groups in total. The lowest BCUT2D eigenvalue weighted by atomic mass is 10.2. The molecule has 5 nitrogen and oxygen atoms in total. The maximum absolute atomic E-state index is 5.73. The Kier molecular flexibility index (Phi) is 11.3. The average molecular weight is 488 g/mol. The number of aryl methyl sites for hydroxylation is 2. The first-order valence-corrected chi connectivity index (χ1v) is 9.68. The van der Waals surface area contributed by atoms with E-state index in [4.69, 9.17) is 4.74 Å². The first-order chi connectivity index (χ1) is 12.2. The van der Waals surface area contributed by atoms with E-state index in [0.29, 0.717) is 6.61 Å². The van der Waals surface area contributed by atoms with Gasteiger partial charge in [0.05, 0.1) is 17.3 Å². The molecular formula is C19H29IN4OS. The highest BCUT2D eigenvalue weighted by Gasteiger charge is 2.00. The fraction of sp³-hybridized carbons (Fsp3) is 0.474. The molecule has 0 saturated heterocycles. The van der Waals surface area contributed by atoms with Crippen LogP contribution in [0.3, 0.4) is 0 Å². The van der Waals surface area contributed by atoms with Crippen LogP contribution in [0.15, 0.2) is 34.6 Å². The van der Waals surface area contributed by atoms with E-state index in [1.165, 1.54) is 5.56 Å². The average Bonchev–Trinajstić information content (AvgIpc) is 3.01. The molecule has 0 fully saturated rings. The van der Waals surface area contributed by atoms with Crippen molar-refractivity contribution in [1.82, 2.24) is 15.6 Å². The summed E-state index contributed by atoms with van der Waals surface area (Å²) in [5.74, 6) is 1.77. The first-order valence-electron chi connectivity index (χ1n) is 8.80. The molecule has 0 atom stereocenters. The van der Waals surface area contributed by atoms with Crippen molar-refractivity contribution in [3.63, 3.8) is 0 Å². The normalized spacial score (nSPS) is 11.0. The number of aliphatic imine (C=N–C) groups is 1. The lowest BCUT2D eigenvalue weighted by Gasteiger charge is -2.11. The summed E-state index contributed by atoms with van der Waals surface area (Å²) >= 11 is 1.69. The van der Waals surface area contributed by atoms with Gasteiger partial charge >= 0.3 is 0 Å². The summed E-state index contributed by atoms with van der Waals surface area (Å²) in [4.78, 5) is 9.07. The minimum Gasteiger partial charge on any atom is -0.494 e. The van der Waals surface area contributed by atoms with Gasteiger partial charge in [-0.05, 0) is 32.9 Å². The second-order valence-corrected chi connectivity index (χ2v) is 6.87. The number of halogens is 1. The molecule has 26 heavy (non-hydrogen) atoms. The van der Waals surface area contributed by atoms with Gasteiger partial charge in [-0.15, -0.1) is 35.3 Å². The molecule has 0 saturated carbocycles. The van der Waals surface area contributed by atoms with Crippen molar-refractivity contribution in [1.29, 1.82) is 0 Å². The molecule has 0 amide bonds. The van der Waals surface area contributed by atoms with Crippen LogP contribution >= 0.6 is 35.3 Å². The lowest BCUT2D eigenvalue weighted by Crippen LogP contribution is -2.38. The molecule has 0 aliphatic rings. The summed E-state index contributed by atoms with van der Waals surface area (Å²) in [6, 6.07) is 8.13. The van der Waals surface area contributed by atoms with E-state index in [0.717, 1.165) is 54.9 Å². The van der Waals surface area contributed by atoms with Crippen LogP contribution in [0.2, 0.25) is 0 Å². The highest BCUT2D eigenvalue weighted by Crippen LogP contribution is 2.11. The monoisotopic (exact) mass is 488 g/mol. The molecule has 0 spiro atoms. The van der Waals surface area contributed by atoms with E-state index in [2.05, 4.69) is 52.0 Å². The Morgan fingerprint density at radius 2 is 1.96 bits per heavy atom. The van der Waals surface area contributed by atoms with Crippen LogP contribution in [0.1, 0.15) is 29.6 Å². The molecule has 144 valence electrons. The summed E-state index contributed by atoms with van der Waals surface area (Å²) in [7, 11) is 0. The molecule has 0 aliphatic heterocycles. The molecule has 0 aliphatic carbocycles. The molecule has 2 aromatic rings. The summed E-state index contributed by atoms with van der Waals surface area (Å²) < 4.78 is 5.73. The van der Waals surface area contributed by atoms with Crippen LogP contribution in [0.25, 0.3) is 0 Å². The van der Waals surface area contributed by atoms with Crippen molar-refractivity contribution >= 4 is 41.3 Å². The van der Waals surface area contributed by atoms with Gasteiger partial charge in [0, 0.05) is 37.9 Å². The summed E-state index contributed by atoms with van der Waals surface area (Å²) in [5.41, 5.74) is 2.38. The van der Waals surface area contributed by atoms with Crippen molar-refractivity contribution in [2.45, 2.75) is 33.6 Å². The zero-order valence-electron chi connectivity index (χ0n) is 15.7. The standard InChI is InChI=1S/C19H28N4OS.HI/c1-4-20-19(22-12-10-17-14-25-16(3)23-17)21-11-5-13-24-18-8-6-15(2)7-9-18;/h6-9,14H,4-5,10-13H2,1-3H3,(H2,20,21,22);1H. The predicted octanol–water partition coefficient (Wildman–Crippen LogP) is 3.94. The van der Waals surface area contributed by atoms with E-state index >= 15 is 0 Å². The molecule has 7 heteroatoms. The van der Waals surface area contributed by atoms with Crippen LogP contribution < -0.4 is 15.4 Å². The van der Waals surface area contributed by atoms with E-state index in [1.54, 1.807) is 11.3 Å². The number of rotatable bonds is 9. The van der Waals surface area contributed by atoms with Crippen molar-refractivity contribution < 1.29 is 4.74 Å². The Labute approximate surface area is 177 Å². The maximum atomic E-state index is 5.73. The van der Waals surface area contributed by atoms with E-state index in [1.807, 2.05) is 19.1 Å². The predicted molar refractivity (Wildman–Crippen MR) is 121 cm³/mol. The van der Waals surface area contributed by atoms with E-state index in [-0.39, 0.29) is 24.0 Å². The molecule has 1 aromatic carbocycles. The second kappa shape index (κ2) is 12.9. The molecular weight excluding hydrogens is 459 g/mol. The van der Waals surface area contributed by atoms with Gasteiger partial charge in [0.2, 0.25) is 0 Å². The minimum atomic E-state index is 0. The fourth-order valence-corrected chi connectivity index (χ4v) is 2.90. The quantitative estimate of drug-likeness (QED) is 0.243. The number of hydrogen-bond acceptors (Lipinski definition) is 4. The van der Waals surface area contributed by atoms with Gasteiger partial charge in [0.25, 0.3) is 0 Å². The van der Waals surface area contributed by atoms with Gasteiger partial charge < -0.3 is 15.4 Å². The summed E-state index contributed by atoms with van der Waals surface area (Å²) in [6.07, 6.45) is 1.79. The summed E-state index contributed by atoms with van der Waals surface area (Å²) in [5, 5.41) is 9.85. The zero-order valence-corrected chi connectivity index (χ0v) is 18.9. The molecule has 0 unspecified atom stereocenters. The van der Waals surface area contributed by atoms with Crippen molar-refractivity contribution in [2.75, 3.05) is 26.2 Å². The van der Waals surface area contributed by atoms with Crippen LogP contribution in [0.4, 0.5) is 0 Å². The SMILES string of the molecule is CCNC(=NCCCOc1ccc(C)cc1)NCCc1csc(C)n1.I. The molecule has 2 rings (SSSR count). The van der Waals surface area contributed by atoms with Gasteiger partial charge in [-0.2, -0.15) is 0 Å². The third-order valence-corrected chi connectivity index (χ3v) is 4.37. The lowest BCUT2D eigenvalue weighted by molar-refractivity contribution is 0.313. The zero-order chi connectivity index (χ0) is 17.9. The van der Waals surface area contributed by atoms with Crippen LogP contribution in [-0.4, -0.2) is 37.2 Å². The number of thiazole rings is 1. The van der Waals surface area contributed by atoms with Gasteiger partial charge in [0.1, 0.15) is 5.75 Å². The Bertz CT molecular complexity index is 658. The topological polar surface area (TPSA) is 58.5 Å². The Hall–Kier alpha value is -1.35. The van der Waals surface area contributed by atoms with Crippen molar-refractivity contribution in [3.8, 4) is 5.75 Å². The number of nitrogens with one attached hydrogen (secondary N) is 2. The number of nitrogens with zero attached hydrogens (tertiary/aromatic N) is 2. The summed E-state index contributed by atoms with van der Waals surface area (Å²) in [6.45, 7) is 9.26.